The van der Waals surface area contributed by atoms with Crippen LogP contribution in [0.25, 0.3) is 0 Å². The highest BCUT2D eigenvalue weighted by Crippen LogP contribution is 2.12. The van der Waals surface area contributed by atoms with Crippen LogP contribution in [0.4, 0.5) is 0 Å². The van der Waals surface area contributed by atoms with Crippen LogP contribution in [0.15, 0.2) is 24.3 Å². The SMILES string of the molecule is CCCN(CCO)CCOc1cccc(C#CCCO)c1. The van der Waals surface area contributed by atoms with Crippen LogP contribution in [0.5, 0.6) is 5.75 Å². The van der Waals surface area contributed by atoms with Crippen LogP contribution in [-0.2, 0) is 0 Å². The molecule has 0 radical (unpaired) electrons. The summed E-state index contributed by atoms with van der Waals surface area (Å²) in [4.78, 5) is 2.19. The molecule has 0 aliphatic heterocycles. The van der Waals surface area contributed by atoms with E-state index in [2.05, 4.69) is 23.7 Å². The lowest BCUT2D eigenvalue weighted by molar-refractivity contribution is 0.168. The average Bonchev–Trinajstić information content (AvgIpc) is 2.48. The van der Waals surface area contributed by atoms with E-state index in [-0.39, 0.29) is 13.2 Å². The van der Waals surface area contributed by atoms with Gasteiger partial charge in [-0.1, -0.05) is 24.8 Å². The summed E-state index contributed by atoms with van der Waals surface area (Å²) in [5.41, 5.74) is 0.890. The van der Waals surface area contributed by atoms with E-state index >= 15 is 0 Å². The molecule has 0 fully saturated rings. The average molecular weight is 291 g/mol. The largest absolute Gasteiger partial charge is 0.492 e. The van der Waals surface area contributed by atoms with Gasteiger partial charge in [-0.2, -0.15) is 0 Å². The summed E-state index contributed by atoms with van der Waals surface area (Å²) in [6.07, 6.45) is 1.55. The van der Waals surface area contributed by atoms with E-state index < -0.39 is 0 Å². The molecule has 0 saturated carbocycles. The maximum absolute atomic E-state index is 9.00. The number of rotatable bonds is 9. The first-order chi connectivity index (χ1) is 10.3. The van der Waals surface area contributed by atoms with Gasteiger partial charge in [0, 0.05) is 25.1 Å². The van der Waals surface area contributed by atoms with Gasteiger partial charge in [-0.3, -0.25) is 4.90 Å². The Kier molecular flexibility index (Phi) is 9.30. The fraction of sp³-hybridized carbons (Fsp3) is 0.529. The fourth-order valence-corrected chi connectivity index (χ4v) is 1.97. The third kappa shape index (κ3) is 7.72. The third-order valence-corrected chi connectivity index (χ3v) is 2.94. The zero-order valence-electron chi connectivity index (χ0n) is 12.7. The van der Waals surface area contributed by atoms with Crippen molar-refractivity contribution < 1.29 is 14.9 Å². The van der Waals surface area contributed by atoms with Crippen LogP contribution >= 0.6 is 0 Å². The molecule has 0 saturated heterocycles. The molecule has 0 heterocycles. The fourth-order valence-electron chi connectivity index (χ4n) is 1.97. The van der Waals surface area contributed by atoms with Crippen molar-refractivity contribution in [2.24, 2.45) is 0 Å². The molecule has 0 aliphatic carbocycles. The molecular weight excluding hydrogens is 266 g/mol. The van der Waals surface area contributed by atoms with Crippen LogP contribution < -0.4 is 4.74 Å². The summed E-state index contributed by atoms with van der Waals surface area (Å²) in [5, 5.41) is 17.7. The van der Waals surface area contributed by atoms with Crippen molar-refractivity contribution in [2.45, 2.75) is 19.8 Å². The standard InChI is InChI=1S/C17H25NO3/c1-2-9-18(10-13-20)11-14-21-17-8-5-7-16(15-17)6-3-4-12-19/h5,7-8,15,19-20H,2,4,9-14H2,1H3. The minimum Gasteiger partial charge on any atom is -0.492 e. The number of aliphatic hydroxyl groups is 2. The van der Waals surface area contributed by atoms with E-state index in [1.807, 2.05) is 24.3 Å². The Morgan fingerprint density at radius 2 is 2.00 bits per heavy atom. The van der Waals surface area contributed by atoms with Crippen LogP contribution in [0, 0.1) is 11.8 Å². The van der Waals surface area contributed by atoms with E-state index in [0.29, 0.717) is 19.6 Å². The molecule has 4 heteroatoms. The summed E-state index contributed by atoms with van der Waals surface area (Å²) in [5.74, 6) is 6.68. The smallest absolute Gasteiger partial charge is 0.120 e. The van der Waals surface area contributed by atoms with Gasteiger partial charge in [-0.05, 0) is 31.2 Å². The Hall–Kier alpha value is -1.54. The number of aliphatic hydroxyl groups excluding tert-OH is 2. The van der Waals surface area contributed by atoms with Gasteiger partial charge in [0.15, 0.2) is 0 Å². The summed E-state index contributed by atoms with van der Waals surface area (Å²) < 4.78 is 5.74. The molecule has 1 rings (SSSR count). The Balaban J connectivity index is 2.44. The highest BCUT2D eigenvalue weighted by atomic mass is 16.5. The van der Waals surface area contributed by atoms with E-state index in [1.165, 1.54) is 0 Å². The quantitative estimate of drug-likeness (QED) is 0.677. The van der Waals surface area contributed by atoms with Gasteiger partial charge >= 0.3 is 0 Å². The molecule has 4 nitrogen and oxygen atoms in total. The van der Waals surface area contributed by atoms with Crippen molar-refractivity contribution in [3.63, 3.8) is 0 Å². The van der Waals surface area contributed by atoms with Crippen LogP contribution in [-0.4, -0.2) is 54.6 Å². The van der Waals surface area contributed by atoms with Gasteiger partial charge in [0.25, 0.3) is 0 Å². The number of hydrogen-bond donors (Lipinski definition) is 2. The van der Waals surface area contributed by atoms with Crippen LogP contribution in [0.1, 0.15) is 25.3 Å². The van der Waals surface area contributed by atoms with E-state index in [0.717, 1.165) is 30.8 Å². The van der Waals surface area contributed by atoms with Crippen molar-refractivity contribution in [1.82, 2.24) is 4.90 Å². The second-order valence-corrected chi connectivity index (χ2v) is 4.72. The van der Waals surface area contributed by atoms with Crippen molar-refractivity contribution in [3.05, 3.63) is 29.8 Å². The molecular formula is C17H25NO3. The number of nitrogens with zero attached hydrogens (tertiary/aromatic N) is 1. The molecule has 0 atom stereocenters. The van der Waals surface area contributed by atoms with Gasteiger partial charge in [0.2, 0.25) is 0 Å². The van der Waals surface area contributed by atoms with Gasteiger partial charge < -0.3 is 14.9 Å². The molecule has 21 heavy (non-hydrogen) atoms. The first-order valence-corrected chi connectivity index (χ1v) is 7.46. The lowest BCUT2D eigenvalue weighted by Crippen LogP contribution is -2.31. The van der Waals surface area contributed by atoms with Crippen molar-refractivity contribution in [3.8, 4) is 17.6 Å². The molecule has 0 aliphatic rings. The maximum atomic E-state index is 9.00. The summed E-state index contributed by atoms with van der Waals surface area (Å²) in [6.45, 7) is 5.43. The second kappa shape index (κ2) is 11.2. The number of benzene rings is 1. The normalized spacial score (nSPS) is 10.3. The summed E-state index contributed by atoms with van der Waals surface area (Å²) >= 11 is 0. The lowest BCUT2D eigenvalue weighted by atomic mass is 10.2. The molecule has 1 aromatic rings. The minimum absolute atomic E-state index is 0.0846. The summed E-state index contributed by atoms with van der Waals surface area (Å²) in [7, 11) is 0. The monoisotopic (exact) mass is 291 g/mol. The van der Waals surface area contributed by atoms with Crippen molar-refractivity contribution in [1.29, 1.82) is 0 Å². The maximum Gasteiger partial charge on any atom is 0.120 e. The third-order valence-electron chi connectivity index (χ3n) is 2.94. The second-order valence-electron chi connectivity index (χ2n) is 4.72. The Morgan fingerprint density at radius 1 is 1.14 bits per heavy atom. The van der Waals surface area contributed by atoms with Gasteiger partial charge in [-0.25, -0.2) is 0 Å². The minimum atomic E-state index is 0.0846. The first-order valence-electron chi connectivity index (χ1n) is 7.46. The number of ether oxygens (including phenoxy) is 1. The predicted molar refractivity (Wildman–Crippen MR) is 84.3 cm³/mol. The van der Waals surface area contributed by atoms with E-state index in [4.69, 9.17) is 14.9 Å². The van der Waals surface area contributed by atoms with E-state index in [9.17, 15) is 0 Å². The zero-order chi connectivity index (χ0) is 15.3. The van der Waals surface area contributed by atoms with Gasteiger partial charge in [-0.15, -0.1) is 0 Å². The topological polar surface area (TPSA) is 52.9 Å². The van der Waals surface area contributed by atoms with Gasteiger partial charge in [0.1, 0.15) is 12.4 Å². The molecule has 2 N–H and O–H groups in total. The van der Waals surface area contributed by atoms with Crippen LogP contribution in [0.3, 0.4) is 0 Å². The van der Waals surface area contributed by atoms with Crippen molar-refractivity contribution >= 4 is 0 Å². The van der Waals surface area contributed by atoms with Crippen molar-refractivity contribution in [2.75, 3.05) is 39.5 Å². The zero-order valence-corrected chi connectivity index (χ0v) is 12.7. The molecule has 1 aromatic carbocycles. The molecule has 0 bridgehead atoms. The van der Waals surface area contributed by atoms with Crippen LogP contribution in [0.2, 0.25) is 0 Å². The van der Waals surface area contributed by atoms with E-state index in [1.54, 1.807) is 0 Å². The molecule has 0 spiro atoms. The molecule has 0 aromatic heterocycles. The number of hydrogen-bond acceptors (Lipinski definition) is 4. The van der Waals surface area contributed by atoms with Gasteiger partial charge in [0.05, 0.1) is 13.2 Å². The predicted octanol–water partition coefficient (Wildman–Crippen LogP) is 1.50. The highest BCUT2D eigenvalue weighted by Gasteiger charge is 2.03. The first kappa shape index (κ1) is 17.5. The molecule has 0 unspecified atom stereocenters. The Bertz CT molecular complexity index is 445. The molecule has 0 amide bonds. The highest BCUT2D eigenvalue weighted by molar-refractivity contribution is 5.39. The Morgan fingerprint density at radius 3 is 2.71 bits per heavy atom. The molecule has 116 valence electrons. The summed E-state index contributed by atoms with van der Waals surface area (Å²) in [6, 6.07) is 7.65. The lowest BCUT2D eigenvalue weighted by Gasteiger charge is -2.20. The Labute approximate surface area is 127 Å².